The van der Waals surface area contributed by atoms with Gasteiger partial charge in [-0.15, -0.1) is 10.2 Å². The van der Waals surface area contributed by atoms with E-state index in [4.69, 9.17) is 4.74 Å². The Balaban J connectivity index is 1.12. The molecule has 380 valence electrons. The molecule has 0 aliphatic heterocycles. The normalized spacial score (nSPS) is 11.9. The Bertz CT molecular complexity index is 3920. The second-order valence-electron chi connectivity index (χ2n) is 15.6. The summed E-state index contributed by atoms with van der Waals surface area (Å²) in [4.78, 5) is 34.7. The van der Waals surface area contributed by atoms with Gasteiger partial charge in [0.25, 0.3) is 20.2 Å². The first-order valence-corrected chi connectivity index (χ1v) is 24.1. The molecular formula is C47H36N12O14S2. The van der Waals surface area contributed by atoms with Gasteiger partial charge in [0.15, 0.2) is 11.5 Å². The summed E-state index contributed by atoms with van der Waals surface area (Å²) in [6, 6.07) is 28.9. The number of carboxylic acid groups (broad SMARTS) is 2. The highest BCUT2D eigenvalue weighted by Gasteiger charge is 2.26. The van der Waals surface area contributed by atoms with Crippen LogP contribution in [-0.2, 0) is 20.2 Å². The number of methoxy groups -OCH3 is 1. The van der Waals surface area contributed by atoms with Crippen LogP contribution in [0.25, 0.3) is 10.8 Å². The van der Waals surface area contributed by atoms with Crippen LogP contribution in [0.3, 0.4) is 0 Å². The number of ether oxygens (including phenoxy) is 1. The van der Waals surface area contributed by atoms with Crippen molar-refractivity contribution in [1.82, 2.24) is 15.0 Å². The molecule has 0 saturated carbocycles. The van der Waals surface area contributed by atoms with Gasteiger partial charge in [-0.25, -0.2) is 9.59 Å². The lowest BCUT2D eigenvalue weighted by molar-refractivity contribution is 0.0682. The number of para-hydroxylation sites is 1. The quantitative estimate of drug-likeness (QED) is 0.0299. The minimum absolute atomic E-state index is 0.0149. The third kappa shape index (κ3) is 11.9. The Morgan fingerprint density at radius 1 is 0.547 bits per heavy atom. The molecule has 0 fully saturated rings. The van der Waals surface area contributed by atoms with Gasteiger partial charge in [-0.05, 0) is 103 Å². The number of phenols is 3. The lowest BCUT2D eigenvalue weighted by atomic mass is 10.1. The number of hydrogen-bond acceptors (Lipinski definition) is 22. The largest absolute Gasteiger partial charge is 0.507 e. The molecule has 0 aliphatic carbocycles. The number of nitrogens with one attached hydrogen (secondary N) is 3. The van der Waals surface area contributed by atoms with Crippen LogP contribution in [-0.4, -0.2) is 85.5 Å². The number of benzene rings is 7. The number of nitrogens with zero attached hydrogens (tertiary/aromatic N) is 9. The predicted octanol–water partition coefficient (Wildman–Crippen LogP) is 10.8. The van der Waals surface area contributed by atoms with Gasteiger partial charge in [-0.3, -0.25) is 9.11 Å². The molecule has 26 nitrogen and oxygen atoms in total. The van der Waals surface area contributed by atoms with Gasteiger partial charge in [0.1, 0.15) is 43.8 Å². The molecule has 1 heterocycles. The number of rotatable bonds is 17. The van der Waals surface area contributed by atoms with Gasteiger partial charge in [0.2, 0.25) is 17.8 Å². The summed E-state index contributed by atoms with van der Waals surface area (Å²) in [5.41, 5.74) is -0.175. The molecule has 0 unspecified atom stereocenters. The third-order valence-electron chi connectivity index (χ3n) is 10.5. The minimum atomic E-state index is -5.09. The number of carboxylic acids is 2. The zero-order valence-corrected chi connectivity index (χ0v) is 40.0. The highest BCUT2D eigenvalue weighted by molar-refractivity contribution is 7.86. The van der Waals surface area contributed by atoms with Gasteiger partial charge >= 0.3 is 11.9 Å². The highest BCUT2D eigenvalue weighted by atomic mass is 32.2. The summed E-state index contributed by atoms with van der Waals surface area (Å²) in [5, 5.41) is 84.2. The Kier molecular flexibility index (Phi) is 14.4. The van der Waals surface area contributed by atoms with E-state index < -0.39 is 70.5 Å². The van der Waals surface area contributed by atoms with Crippen molar-refractivity contribution in [3.05, 3.63) is 138 Å². The fourth-order valence-corrected chi connectivity index (χ4v) is 8.24. The number of aromatic nitrogens is 3. The van der Waals surface area contributed by atoms with E-state index in [0.29, 0.717) is 28.7 Å². The zero-order chi connectivity index (χ0) is 53.8. The summed E-state index contributed by atoms with van der Waals surface area (Å²) in [5.74, 6) is -5.49. The summed E-state index contributed by atoms with van der Waals surface area (Å²) in [6.07, 6.45) is 0. The van der Waals surface area contributed by atoms with Crippen molar-refractivity contribution in [3.63, 3.8) is 0 Å². The van der Waals surface area contributed by atoms with Crippen molar-refractivity contribution in [2.45, 2.75) is 16.7 Å². The zero-order valence-electron chi connectivity index (χ0n) is 38.4. The molecule has 0 saturated heterocycles. The van der Waals surface area contributed by atoms with Gasteiger partial charge in [0.05, 0.1) is 35.5 Å². The van der Waals surface area contributed by atoms with E-state index in [9.17, 15) is 61.1 Å². The first kappa shape index (κ1) is 51.3. The smallest absolute Gasteiger partial charge is 0.339 e. The summed E-state index contributed by atoms with van der Waals surface area (Å²) in [6.45, 7) is 1.53. The van der Waals surface area contributed by atoms with Crippen molar-refractivity contribution in [3.8, 4) is 23.0 Å². The van der Waals surface area contributed by atoms with E-state index >= 15 is 0 Å². The Morgan fingerprint density at radius 2 is 1.12 bits per heavy atom. The molecule has 75 heavy (non-hydrogen) atoms. The van der Waals surface area contributed by atoms with Crippen molar-refractivity contribution < 1.29 is 65.8 Å². The van der Waals surface area contributed by atoms with E-state index in [1.807, 2.05) is 6.07 Å². The van der Waals surface area contributed by atoms with Gasteiger partial charge in [-0.2, -0.15) is 52.2 Å². The van der Waals surface area contributed by atoms with E-state index in [1.54, 1.807) is 48.5 Å². The molecule has 0 bridgehead atoms. The first-order chi connectivity index (χ1) is 35.6. The van der Waals surface area contributed by atoms with Gasteiger partial charge in [-0.1, -0.05) is 30.3 Å². The molecule has 0 aliphatic rings. The average Bonchev–Trinajstić information content (AvgIpc) is 3.35. The number of azo groups is 3. The number of phenolic OH excluding ortho intramolecular Hbond substituents is 1. The van der Waals surface area contributed by atoms with E-state index in [2.05, 4.69) is 61.6 Å². The average molecular weight is 1060 g/mol. The van der Waals surface area contributed by atoms with Crippen LogP contribution < -0.4 is 20.7 Å². The fourth-order valence-electron chi connectivity index (χ4n) is 6.96. The Hall–Kier alpha value is -10.0. The first-order valence-electron chi connectivity index (χ1n) is 21.2. The maximum absolute atomic E-state index is 12.8. The number of aryl methyl sites for hydroxylation is 1. The number of aromatic carboxylic acids is 2. The van der Waals surface area contributed by atoms with Crippen LogP contribution in [0.1, 0.15) is 26.3 Å². The molecule has 8 aromatic rings. The van der Waals surface area contributed by atoms with E-state index in [1.165, 1.54) is 62.6 Å². The Morgan fingerprint density at radius 3 is 1.75 bits per heavy atom. The molecule has 0 amide bonds. The van der Waals surface area contributed by atoms with Crippen molar-refractivity contribution in [2.75, 3.05) is 23.1 Å². The van der Waals surface area contributed by atoms with E-state index in [-0.39, 0.29) is 68.4 Å². The molecule has 1 aromatic heterocycles. The van der Waals surface area contributed by atoms with Gasteiger partial charge < -0.3 is 46.2 Å². The molecule has 0 radical (unpaired) electrons. The van der Waals surface area contributed by atoms with Crippen LogP contribution in [0, 0.1) is 6.92 Å². The second kappa shape index (κ2) is 21.0. The molecule has 8 rings (SSSR count). The summed E-state index contributed by atoms with van der Waals surface area (Å²) < 4.78 is 74.7. The van der Waals surface area contributed by atoms with Crippen molar-refractivity contribution in [1.29, 1.82) is 0 Å². The maximum Gasteiger partial charge on any atom is 0.339 e. The van der Waals surface area contributed by atoms with Crippen molar-refractivity contribution in [2.24, 2.45) is 30.7 Å². The molecule has 0 atom stereocenters. The SMILES string of the molecule is COc1cc(N=Nc2cc(C(=O)O)c(O)c(S(=O)(=O)O)c2)c(C)cc1N=Nc1c(S(=O)(=O)O)cc2cccc(Nc3nc(Nc4ccccc4)nc(Nc4ccc(N=Nc5ccc(O)c(C(=O)O)c5)cc4)n3)c2c1O. The summed E-state index contributed by atoms with van der Waals surface area (Å²) in [7, 11) is -8.94. The summed E-state index contributed by atoms with van der Waals surface area (Å²) >= 11 is 0. The topological polar surface area (TPSA) is 402 Å². The van der Waals surface area contributed by atoms with E-state index in [0.717, 1.165) is 12.1 Å². The van der Waals surface area contributed by atoms with Crippen LogP contribution in [0.5, 0.6) is 23.0 Å². The highest BCUT2D eigenvalue weighted by Crippen LogP contribution is 2.46. The molecule has 28 heteroatoms. The number of hydrogen-bond donors (Lipinski definition) is 10. The lowest BCUT2D eigenvalue weighted by Gasteiger charge is -2.15. The van der Waals surface area contributed by atoms with Crippen molar-refractivity contribution >= 4 is 112 Å². The maximum atomic E-state index is 12.8. The monoisotopic (exact) mass is 1060 g/mol. The molecule has 7 aromatic carbocycles. The molecular weight excluding hydrogens is 1020 g/mol. The van der Waals surface area contributed by atoms with Gasteiger partial charge in [0, 0.05) is 22.8 Å². The number of carbonyl (C=O) groups is 2. The number of anilines is 6. The lowest BCUT2D eigenvalue weighted by Crippen LogP contribution is -2.07. The fraction of sp³-hybridized carbons (Fsp3) is 0.0426. The van der Waals surface area contributed by atoms with Crippen LogP contribution in [0.2, 0.25) is 0 Å². The number of fused-ring (bicyclic) bond motifs is 1. The minimum Gasteiger partial charge on any atom is -0.507 e. The second-order valence-corrected chi connectivity index (χ2v) is 18.4. The number of aromatic hydroxyl groups is 3. The van der Waals surface area contributed by atoms with Crippen LogP contribution >= 0.6 is 0 Å². The molecule has 0 spiro atoms. The van der Waals surface area contributed by atoms with Crippen LogP contribution in [0.15, 0.2) is 162 Å². The predicted molar refractivity (Wildman–Crippen MR) is 268 cm³/mol. The Labute approximate surface area is 422 Å². The van der Waals surface area contributed by atoms with Crippen LogP contribution in [0.4, 0.5) is 69.0 Å². The third-order valence-corrected chi connectivity index (χ3v) is 12.2. The standard InChI is InChI=1S/C47H36N12O14S2/c1-23-17-34(36(73-2)22-33(23)57-56-29-20-31(44(65)66)41(61)38(21-29)75(70,71)72)58-59-40-37(74(67,68)69)18-24-7-6-10-32(39(24)42(40)62)50-47-52-45(48-25-8-4-3-5-9-25)51-46(53-47)49-26-11-13-27(14-12-26)54-55-28-15-16-35(60)30(19-28)43(63)64/h3-22,60-62H,1-2H3,(H,63,64)(H,65,66)(H,67,68,69)(H,70,71,72)(H3,48,49,50,51,52,53). The molecule has 10 N–H and O–H groups in total.